The molecule has 0 aliphatic carbocycles. The zero-order valence-electron chi connectivity index (χ0n) is 16.4. The van der Waals surface area contributed by atoms with Crippen LogP contribution in [0.2, 0.25) is 0 Å². The molecule has 4 heterocycles. The summed E-state index contributed by atoms with van der Waals surface area (Å²) < 4.78 is 1.96. The van der Waals surface area contributed by atoms with Gasteiger partial charge in [-0.2, -0.15) is 5.10 Å². The van der Waals surface area contributed by atoms with Gasteiger partial charge in [0.05, 0.1) is 17.1 Å². The van der Waals surface area contributed by atoms with Crippen LogP contribution in [0, 0.1) is 6.92 Å². The maximum Gasteiger partial charge on any atom is 0.159 e. The second-order valence-corrected chi connectivity index (χ2v) is 7.38. The van der Waals surface area contributed by atoms with E-state index in [4.69, 9.17) is 10.1 Å². The van der Waals surface area contributed by atoms with Crippen LogP contribution in [0.5, 0.6) is 0 Å². The molecular weight excluding hydrogens is 360 g/mol. The molecule has 0 unspecified atom stereocenters. The molecule has 0 saturated carbocycles. The molecule has 29 heavy (non-hydrogen) atoms. The van der Waals surface area contributed by atoms with Gasteiger partial charge in [0.2, 0.25) is 0 Å². The van der Waals surface area contributed by atoms with E-state index in [1.807, 2.05) is 41.2 Å². The zero-order chi connectivity index (χ0) is 19.6. The summed E-state index contributed by atoms with van der Waals surface area (Å²) in [5.41, 5.74) is 6.79. The number of nitrogens with zero attached hydrogens (tertiary/aromatic N) is 6. The van der Waals surface area contributed by atoms with Crippen molar-refractivity contribution in [3.63, 3.8) is 0 Å². The Morgan fingerprint density at radius 2 is 1.86 bits per heavy atom. The van der Waals surface area contributed by atoms with E-state index in [0.717, 1.165) is 54.5 Å². The van der Waals surface area contributed by atoms with Crippen molar-refractivity contribution in [1.29, 1.82) is 0 Å². The van der Waals surface area contributed by atoms with Crippen LogP contribution in [0.3, 0.4) is 0 Å². The van der Waals surface area contributed by atoms with Gasteiger partial charge in [0.15, 0.2) is 5.82 Å². The lowest BCUT2D eigenvalue weighted by Gasteiger charge is -2.27. The molecule has 1 aliphatic rings. The number of fused-ring (bicyclic) bond motifs is 1. The first-order valence-corrected chi connectivity index (χ1v) is 9.84. The van der Waals surface area contributed by atoms with Gasteiger partial charge in [0, 0.05) is 67.5 Å². The molecule has 5 rings (SSSR count). The third-order valence-electron chi connectivity index (χ3n) is 5.37. The van der Waals surface area contributed by atoms with Crippen molar-refractivity contribution >= 4 is 0 Å². The molecule has 0 fully saturated rings. The topological polar surface area (TPSA) is 59.7 Å². The number of aryl methyl sites for hydroxylation is 1. The first-order valence-electron chi connectivity index (χ1n) is 9.84. The molecule has 0 N–H and O–H groups in total. The largest absolute Gasteiger partial charge is 0.294 e. The monoisotopic (exact) mass is 382 g/mol. The van der Waals surface area contributed by atoms with Crippen molar-refractivity contribution in [1.82, 2.24) is 29.6 Å². The number of hydrogen-bond acceptors (Lipinski definition) is 5. The molecule has 0 saturated heterocycles. The van der Waals surface area contributed by atoms with E-state index in [1.54, 1.807) is 12.4 Å². The fraction of sp³-hybridized carbons (Fsp3) is 0.217. The molecule has 1 aromatic carbocycles. The molecule has 0 bridgehead atoms. The Morgan fingerprint density at radius 3 is 2.69 bits per heavy atom. The molecular formula is C23H22N6. The van der Waals surface area contributed by atoms with Crippen LogP contribution in [-0.2, 0) is 19.5 Å². The molecule has 0 amide bonds. The number of aromatic nitrogens is 5. The Balaban J connectivity index is 1.32. The van der Waals surface area contributed by atoms with E-state index in [0.29, 0.717) is 0 Å². The Bertz CT molecular complexity index is 1120. The summed E-state index contributed by atoms with van der Waals surface area (Å²) in [4.78, 5) is 15.9. The summed E-state index contributed by atoms with van der Waals surface area (Å²) in [7, 11) is 0. The molecule has 3 aromatic heterocycles. The third kappa shape index (κ3) is 3.67. The SMILES string of the molecule is Cc1nn(-c2ccccc2)cc1CN1CCc2nc(-c3ccncc3)ncc2C1. The zero-order valence-corrected chi connectivity index (χ0v) is 16.4. The van der Waals surface area contributed by atoms with Crippen molar-refractivity contribution in [2.24, 2.45) is 0 Å². The van der Waals surface area contributed by atoms with Crippen LogP contribution in [0.15, 0.2) is 67.3 Å². The first kappa shape index (κ1) is 17.7. The minimum absolute atomic E-state index is 0.777. The highest BCUT2D eigenvalue weighted by Gasteiger charge is 2.20. The fourth-order valence-corrected chi connectivity index (χ4v) is 3.75. The normalized spacial score (nSPS) is 14.0. The van der Waals surface area contributed by atoms with Gasteiger partial charge in [-0.1, -0.05) is 18.2 Å². The van der Waals surface area contributed by atoms with E-state index in [9.17, 15) is 0 Å². The quantitative estimate of drug-likeness (QED) is 0.540. The summed E-state index contributed by atoms with van der Waals surface area (Å²) in [6.07, 6.45) is 8.60. The highest BCUT2D eigenvalue weighted by Crippen LogP contribution is 2.23. The summed E-state index contributed by atoms with van der Waals surface area (Å²) in [5.74, 6) is 0.777. The third-order valence-corrected chi connectivity index (χ3v) is 5.37. The Morgan fingerprint density at radius 1 is 1.03 bits per heavy atom. The average Bonchev–Trinajstić information content (AvgIpc) is 3.15. The van der Waals surface area contributed by atoms with E-state index in [1.165, 1.54) is 11.1 Å². The maximum atomic E-state index is 4.80. The van der Waals surface area contributed by atoms with E-state index < -0.39 is 0 Å². The Hall–Kier alpha value is -3.38. The van der Waals surface area contributed by atoms with Gasteiger partial charge < -0.3 is 0 Å². The number of para-hydroxylation sites is 1. The van der Waals surface area contributed by atoms with Crippen LogP contribution in [0.1, 0.15) is 22.5 Å². The lowest BCUT2D eigenvalue weighted by Crippen LogP contribution is -2.31. The molecule has 0 spiro atoms. The molecule has 6 nitrogen and oxygen atoms in total. The number of pyridine rings is 1. The number of benzene rings is 1. The molecule has 0 atom stereocenters. The van der Waals surface area contributed by atoms with E-state index in [-0.39, 0.29) is 0 Å². The van der Waals surface area contributed by atoms with Crippen molar-refractivity contribution < 1.29 is 0 Å². The summed E-state index contributed by atoms with van der Waals surface area (Å²) >= 11 is 0. The second kappa shape index (κ2) is 7.56. The second-order valence-electron chi connectivity index (χ2n) is 7.38. The van der Waals surface area contributed by atoms with Gasteiger partial charge in [0.25, 0.3) is 0 Å². The molecule has 6 heteroatoms. The van der Waals surface area contributed by atoms with Crippen LogP contribution < -0.4 is 0 Å². The van der Waals surface area contributed by atoms with E-state index >= 15 is 0 Å². The number of rotatable bonds is 4. The smallest absolute Gasteiger partial charge is 0.159 e. The van der Waals surface area contributed by atoms with Gasteiger partial charge in [0.1, 0.15) is 0 Å². The van der Waals surface area contributed by atoms with Crippen LogP contribution in [0.4, 0.5) is 0 Å². The molecule has 4 aromatic rings. The number of hydrogen-bond donors (Lipinski definition) is 0. The Kier molecular flexibility index (Phi) is 4.62. The van der Waals surface area contributed by atoms with Gasteiger partial charge in [-0.3, -0.25) is 9.88 Å². The highest BCUT2D eigenvalue weighted by atomic mass is 15.3. The minimum atomic E-state index is 0.777. The van der Waals surface area contributed by atoms with Gasteiger partial charge in [-0.25, -0.2) is 14.6 Å². The van der Waals surface area contributed by atoms with Crippen molar-refractivity contribution in [2.75, 3.05) is 6.54 Å². The molecule has 0 radical (unpaired) electrons. The van der Waals surface area contributed by atoms with Crippen molar-refractivity contribution in [3.8, 4) is 17.1 Å². The summed E-state index contributed by atoms with van der Waals surface area (Å²) in [5, 5.41) is 4.70. The fourth-order valence-electron chi connectivity index (χ4n) is 3.75. The average molecular weight is 382 g/mol. The standard InChI is InChI=1S/C23H22N6/c1-17-20(16-29(27-17)21-5-3-2-4-6-21)15-28-12-9-22-19(14-28)13-25-23(26-22)18-7-10-24-11-8-18/h2-8,10-11,13,16H,9,12,14-15H2,1H3. The lowest BCUT2D eigenvalue weighted by molar-refractivity contribution is 0.242. The van der Waals surface area contributed by atoms with Crippen molar-refractivity contribution in [2.45, 2.75) is 26.4 Å². The maximum absolute atomic E-state index is 4.80. The predicted octanol–water partition coefficient (Wildman–Crippen LogP) is 3.59. The van der Waals surface area contributed by atoms with Gasteiger partial charge in [-0.15, -0.1) is 0 Å². The van der Waals surface area contributed by atoms with Crippen molar-refractivity contribution in [3.05, 3.63) is 89.8 Å². The Labute approximate surface area is 169 Å². The van der Waals surface area contributed by atoms with Gasteiger partial charge in [-0.05, 0) is 31.2 Å². The summed E-state index contributed by atoms with van der Waals surface area (Å²) in [6, 6.07) is 14.1. The van der Waals surface area contributed by atoms with Crippen LogP contribution >= 0.6 is 0 Å². The molecule has 144 valence electrons. The first-order chi connectivity index (χ1) is 14.3. The van der Waals surface area contributed by atoms with E-state index in [2.05, 4.69) is 40.1 Å². The lowest BCUT2D eigenvalue weighted by atomic mass is 10.1. The minimum Gasteiger partial charge on any atom is -0.294 e. The molecule has 1 aliphatic heterocycles. The predicted molar refractivity (Wildman–Crippen MR) is 111 cm³/mol. The van der Waals surface area contributed by atoms with Crippen LogP contribution in [0.25, 0.3) is 17.1 Å². The van der Waals surface area contributed by atoms with Crippen LogP contribution in [-0.4, -0.2) is 36.2 Å². The van der Waals surface area contributed by atoms with Gasteiger partial charge >= 0.3 is 0 Å². The highest BCUT2D eigenvalue weighted by molar-refractivity contribution is 5.54. The summed E-state index contributed by atoms with van der Waals surface area (Å²) in [6.45, 7) is 4.80.